The van der Waals surface area contributed by atoms with Gasteiger partial charge in [0.25, 0.3) is 5.91 Å². The van der Waals surface area contributed by atoms with Gasteiger partial charge in [-0.05, 0) is 48.4 Å². The molecule has 10 nitrogen and oxygen atoms in total. The lowest BCUT2D eigenvalue weighted by molar-refractivity contribution is -0.132. The van der Waals surface area contributed by atoms with E-state index in [2.05, 4.69) is 28.9 Å². The van der Waals surface area contributed by atoms with E-state index in [0.29, 0.717) is 44.2 Å². The highest BCUT2D eigenvalue weighted by atomic mass is 16.5. The van der Waals surface area contributed by atoms with E-state index >= 15 is 0 Å². The summed E-state index contributed by atoms with van der Waals surface area (Å²) < 4.78 is 16.0. The molecule has 1 atom stereocenters. The number of carbonyl (C=O) groups excluding carboxylic acids is 2. The second kappa shape index (κ2) is 12.4. The lowest BCUT2D eigenvalue weighted by Gasteiger charge is -2.36. The number of rotatable bonds is 10. The molecule has 1 aromatic carbocycles. The molecule has 10 heteroatoms. The molecule has 3 heterocycles. The molecule has 38 heavy (non-hydrogen) atoms. The summed E-state index contributed by atoms with van der Waals surface area (Å²) in [4.78, 5) is 31.6. The minimum absolute atomic E-state index is 0.0314. The van der Waals surface area contributed by atoms with Crippen LogP contribution in [0.2, 0.25) is 0 Å². The molecule has 0 radical (unpaired) electrons. The Kier molecular flexibility index (Phi) is 8.83. The van der Waals surface area contributed by atoms with E-state index in [1.807, 2.05) is 30.3 Å². The van der Waals surface area contributed by atoms with E-state index in [4.69, 9.17) is 13.9 Å². The van der Waals surface area contributed by atoms with Gasteiger partial charge in [-0.1, -0.05) is 20.3 Å². The Bertz CT molecular complexity index is 1210. The van der Waals surface area contributed by atoms with Crippen LogP contribution in [0.1, 0.15) is 30.8 Å². The zero-order valence-corrected chi connectivity index (χ0v) is 22.4. The van der Waals surface area contributed by atoms with Crippen LogP contribution in [0.5, 0.6) is 11.5 Å². The third-order valence-corrected chi connectivity index (χ3v) is 6.86. The molecule has 4 rings (SSSR count). The van der Waals surface area contributed by atoms with Crippen LogP contribution in [0.25, 0.3) is 11.3 Å². The molecule has 0 saturated carbocycles. The zero-order valence-electron chi connectivity index (χ0n) is 22.4. The van der Waals surface area contributed by atoms with Crippen molar-refractivity contribution in [2.24, 2.45) is 5.92 Å². The van der Waals surface area contributed by atoms with Crippen molar-refractivity contribution in [3.8, 4) is 22.8 Å². The van der Waals surface area contributed by atoms with Crippen molar-refractivity contribution in [1.82, 2.24) is 20.0 Å². The fourth-order valence-corrected chi connectivity index (χ4v) is 4.37. The van der Waals surface area contributed by atoms with Gasteiger partial charge in [-0.3, -0.25) is 9.59 Å². The molecule has 1 saturated heterocycles. The molecular formula is C28H35N5O5. The first-order valence-electron chi connectivity index (χ1n) is 12.8. The molecule has 0 aliphatic carbocycles. The Morgan fingerprint density at radius 2 is 1.79 bits per heavy atom. The topological polar surface area (TPSA) is 101 Å². The number of aromatic nitrogens is 2. The summed E-state index contributed by atoms with van der Waals surface area (Å²) >= 11 is 0. The quantitative estimate of drug-likeness (QED) is 0.399. The Hall–Kier alpha value is -4.08. The van der Waals surface area contributed by atoms with Crippen molar-refractivity contribution < 1.29 is 23.5 Å². The number of piperazine rings is 1. The van der Waals surface area contributed by atoms with Crippen LogP contribution in [-0.4, -0.2) is 85.3 Å². The second-order valence-corrected chi connectivity index (χ2v) is 9.39. The van der Waals surface area contributed by atoms with Crippen molar-refractivity contribution >= 4 is 17.6 Å². The second-order valence-electron chi connectivity index (χ2n) is 9.39. The van der Waals surface area contributed by atoms with E-state index < -0.39 is 0 Å². The number of amides is 2. The van der Waals surface area contributed by atoms with Gasteiger partial charge in [0, 0.05) is 38.3 Å². The number of anilines is 1. The average Bonchev–Trinajstić information content (AvgIpc) is 3.51. The molecular weight excluding hydrogens is 486 g/mol. The largest absolute Gasteiger partial charge is 0.493 e. The Labute approximate surface area is 223 Å². The number of methoxy groups -OCH3 is 2. The van der Waals surface area contributed by atoms with E-state index in [-0.39, 0.29) is 30.0 Å². The minimum atomic E-state index is -0.257. The SMILES string of the molecule is CCC(C)CN(CC(=O)N1CCN(c2ccc(-c3ccc(OC)c(OC)c3)nn2)CC1)C(=O)c1ccco1. The highest BCUT2D eigenvalue weighted by Crippen LogP contribution is 2.31. The number of carbonyl (C=O) groups is 2. The average molecular weight is 522 g/mol. The molecule has 0 N–H and O–H groups in total. The van der Waals surface area contributed by atoms with Crippen molar-refractivity contribution in [3.63, 3.8) is 0 Å². The number of nitrogens with zero attached hydrogens (tertiary/aromatic N) is 5. The predicted molar refractivity (Wildman–Crippen MR) is 143 cm³/mol. The number of hydrogen-bond donors (Lipinski definition) is 0. The van der Waals surface area contributed by atoms with Crippen LogP contribution in [0.3, 0.4) is 0 Å². The maximum absolute atomic E-state index is 13.1. The number of hydrogen-bond acceptors (Lipinski definition) is 8. The molecule has 1 aliphatic heterocycles. The molecule has 3 aromatic rings. The van der Waals surface area contributed by atoms with Crippen molar-refractivity contribution in [1.29, 1.82) is 0 Å². The first-order chi connectivity index (χ1) is 18.4. The highest BCUT2D eigenvalue weighted by molar-refractivity contribution is 5.94. The van der Waals surface area contributed by atoms with Gasteiger partial charge >= 0.3 is 0 Å². The van der Waals surface area contributed by atoms with Crippen molar-refractivity contribution in [2.45, 2.75) is 20.3 Å². The number of benzene rings is 1. The van der Waals surface area contributed by atoms with Crippen molar-refractivity contribution in [3.05, 3.63) is 54.5 Å². The maximum Gasteiger partial charge on any atom is 0.290 e. The van der Waals surface area contributed by atoms with Crippen LogP contribution in [0.4, 0.5) is 5.82 Å². The monoisotopic (exact) mass is 521 g/mol. The van der Waals surface area contributed by atoms with E-state index in [0.717, 1.165) is 23.5 Å². The molecule has 2 amide bonds. The van der Waals surface area contributed by atoms with Gasteiger partial charge in [0.15, 0.2) is 23.1 Å². The highest BCUT2D eigenvalue weighted by Gasteiger charge is 2.27. The molecule has 0 bridgehead atoms. The third-order valence-electron chi connectivity index (χ3n) is 6.86. The first kappa shape index (κ1) is 27.0. The summed E-state index contributed by atoms with van der Waals surface area (Å²) in [5.41, 5.74) is 1.61. The van der Waals surface area contributed by atoms with Gasteiger partial charge < -0.3 is 28.6 Å². The Morgan fingerprint density at radius 3 is 2.39 bits per heavy atom. The van der Waals surface area contributed by atoms with Gasteiger partial charge in [0.1, 0.15) is 6.54 Å². The van der Waals surface area contributed by atoms with Gasteiger partial charge in [0.2, 0.25) is 5.91 Å². The number of furan rings is 1. The Balaban J connectivity index is 1.35. The first-order valence-corrected chi connectivity index (χ1v) is 12.8. The number of ether oxygens (including phenoxy) is 2. The van der Waals surface area contributed by atoms with Crippen LogP contribution in [0, 0.1) is 5.92 Å². The molecule has 1 aliphatic rings. The fourth-order valence-electron chi connectivity index (χ4n) is 4.37. The van der Waals surface area contributed by atoms with Crippen LogP contribution in [-0.2, 0) is 4.79 Å². The lowest BCUT2D eigenvalue weighted by Crippen LogP contribution is -2.52. The molecule has 202 valence electrons. The van der Waals surface area contributed by atoms with Crippen molar-refractivity contribution in [2.75, 3.05) is 58.4 Å². The summed E-state index contributed by atoms with van der Waals surface area (Å²) in [5, 5.41) is 8.83. The van der Waals surface area contributed by atoms with Gasteiger partial charge in [0.05, 0.1) is 26.2 Å². The van der Waals surface area contributed by atoms with E-state index in [1.54, 1.807) is 36.2 Å². The van der Waals surface area contributed by atoms with Gasteiger partial charge in [-0.2, -0.15) is 0 Å². The summed E-state index contributed by atoms with van der Waals surface area (Å²) in [6, 6.07) is 12.8. The minimum Gasteiger partial charge on any atom is -0.493 e. The van der Waals surface area contributed by atoms with Crippen LogP contribution >= 0.6 is 0 Å². The van der Waals surface area contributed by atoms with E-state index in [9.17, 15) is 9.59 Å². The third kappa shape index (κ3) is 6.24. The zero-order chi connectivity index (χ0) is 27.1. The normalized spacial score (nSPS) is 14.2. The summed E-state index contributed by atoms with van der Waals surface area (Å²) in [5.74, 6) is 2.24. The smallest absolute Gasteiger partial charge is 0.290 e. The molecule has 0 spiro atoms. The lowest BCUT2D eigenvalue weighted by atomic mass is 10.1. The van der Waals surface area contributed by atoms with Crippen LogP contribution < -0.4 is 14.4 Å². The summed E-state index contributed by atoms with van der Waals surface area (Å²) in [7, 11) is 3.20. The molecule has 2 aromatic heterocycles. The summed E-state index contributed by atoms with van der Waals surface area (Å²) in [6.07, 6.45) is 2.39. The van der Waals surface area contributed by atoms with Gasteiger partial charge in [-0.25, -0.2) is 0 Å². The van der Waals surface area contributed by atoms with Crippen LogP contribution in [0.15, 0.2) is 53.1 Å². The standard InChI is InChI=1S/C28H35N5O5/c1-5-20(2)18-33(28(35)24-7-6-16-38-24)19-27(34)32-14-12-31(13-15-32)26-11-9-22(29-30-26)21-8-10-23(36-3)25(17-21)37-4/h6-11,16-17,20H,5,12-15,18-19H2,1-4H3. The maximum atomic E-state index is 13.1. The predicted octanol–water partition coefficient (Wildman–Crippen LogP) is 3.59. The molecule has 1 unspecified atom stereocenters. The fraction of sp³-hybridized carbons (Fsp3) is 0.429. The molecule has 1 fully saturated rings. The Morgan fingerprint density at radius 1 is 1.03 bits per heavy atom. The van der Waals surface area contributed by atoms with E-state index in [1.165, 1.54) is 6.26 Å². The van der Waals surface area contributed by atoms with Gasteiger partial charge in [-0.15, -0.1) is 10.2 Å². The summed E-state index contributed by atoms with van der Waals surface area (Å²) in [6.45, 7) is 7.04.